The number of ether oxygens (including phenoxy) is 9. The van der Waals surface area contributed by atoms with Gasteiger partial charge < -0.3 is 58.6 Å². The van der Waals surface area contributed by atoms with Crippen molar-refractivity contribution < 1.29 is 57.0 Å². The number of rotatable bonds is 21. The molecule has 4 N–H and O–H groups in total. The van der Waals surface area contributed by atoms with E-state index in [2.05, 4.69) is 27.9 Å². The van der Waals surface area contributed by atoms with Crippen LogP contribution < -0.4 is 27.2 Å². The van der Waals surface area contributed by atoms with Gasteiger partial charge in [0.2, 0.25) is 5.91 Å². The third kappa shape index (κ3) is 13.2. The van der Waals surface area contributed by atoms with Crippen LogP contribution in [0.25, 0.3) is 0 Å². The predicted octanol–water partition coefficient (Wildman–Crippen LogP) is 6.73. The number of nitrogens with zero attached hydrogens (tertiary/aromatic N) is 1. The lowest BCUT2D eigenvalue weighted by Gasteiger charge is -2.36. The molecule has 0 spiro atoms. The zero-order valence-electron chi connectivity index (χ0n) is 41.6. The van der Waals surface area contributed by atoms with Crippen molar-refractivity contribution in [2.45, 2.75) is 198 Å². The van der Waals surface area contributed by atoms with Gasteiger partial charge in [-0.05, 0) is 83.6 Å². The summed E-state index contributed by atoms with van der Waals surface area (Å²) in [7, 11) is 0. The standard InChI is InChI=1S/C51H71N5O14/c1-9-12-13-14-15-17-20-31-23-25-33(26-24-31)53-43(58)36(55-48(61)62-30-32-21-18-16-19-22-32)38(39-40-41(67-50(7,8)66-40)44(64-39)56-28-27-35(57)54-46(56)59)65-45-42-37(68-51(10-2,11-3)69-42)34(63-45)29-52-47(60)70-49(4,5)6/h16,18-19,21-28,34,36-42,44-45H,9-15,17,20,29-30H2,1-8H3,(H,52,60)(H,53,58)(H,55,61)(H,54,57,59)/t34-,36+,37-,38+,39-,40-,41-,42-,44-,45+/m1/s1. The number of unbranched alkanes of at least 4 members (excludes halogenated alkanes) is 5. The monoisotopic (exact) mass is 977 g/mol. The number of anilines is 1. The molecule has 3 amide bonds. The molecule has 4 aliphatic heterocycles. The van der Waals surface area contributed by atoms with Gasteiger partial charge in [-0.1, -0.05) is 95.3 Å². The number of H-pyrrole nitrogens is 1. The zero-order valence-corrected chi connectivity index (χ0v) is 41.6. The Bertz CT molecular complexity index is 2330. The van der Waals surface area contributed by atoms with Crippen LogP contribution in [0.5, 0.6) is 0 Å². The van der Waals surface area contributed by atoms with Gasteiger partial charge in [-0.25, -0.2) is 14.4 Å². The van der Waals surface area contributed by atoms with Gasteiger partial charge in [0.05, 0.1) is 0 Å². The van der Waals surface area contributed by atoms with Crippen molar-refractivity contribution in [3.05, 3.63) is 98.8 Å². The van der Waals surface area contributed by atoms with Crippen LogP contribution in [0.4, 0.5) is 15.3 Å². The van der Waals surface area contributed by atoms with Crippen LogP contribution in [-0.2, 0) is 60.5 Å². The van der Waals surface area contributed by atoms with Crippen molar-refractivity contribution in [1.29, 1.82) is 0 Å². The van der Waals surface area contributed by atoms with Crippen LogP contribution in [0.15, 0.2) is 76.4 Å². The maximum absolute atomic E-state index is 15.1. The molecule has 5 heterocycles. The number of carbonyl (C=O) groups excluding carboxylic acids is 3. The number of alkyl carbamates (subject to hydrolysis) is 2. The quantitative estimate of drug-likeness (QED) is 0.0813. The maximum atomic E-state index is 15.1. The third-order valence-corrected chi connectivity index (χ3v) is 12.8. The first kappa shape index (κ1) is 52.7. The van der Waals surface area contributed by atoms with E-state index < -0.39 is 108 Å². The molecule has 2 aromatic carbocycles. The second-order valence-electron chi connectivity index (χ2n) is 19.8. The fourth-order valence-electron chi connectivity index (χ4n) is 9.34. The number of hydrogen-bond acceptors (Lipinski definition) is 14. The topological polar surface area (TPSA) is 225 Å². The van der Waals surface area contributed by atoms with Gasteiger partial charge in [0.25, 0.3) is 5.56 Å². The minimum Gasteiger partial charge on any atom is -0.445 e. The van der Waals surface area contributed by atoms with Crippen LogP contribution in [0, 0.1) is 0 Å². The van der Waals surface area contributed by atoms with E-state index in [0.29, 0.717) is 24.1 Å². The van der Waals surface area contributed by atoms with Gasteiger partial charge in [0.1, 0.15) is 61.0 Å². The van der Waals surface area contributed by atoms with Gasteiger partial charge >= 0.3 is 17.9 Å². The number of benzene rings is 2. The first-order chi connectivity index (χ1) is 33.4. The Hall–Kier alpha value is -5.15. The van der Waals surface area contributed by atoms with Crippen molar-refractivity contribution in [3.8, 4) is 0 Å². The summed E-state index contributed by atoms with van der Waals surface area (Å²) in [5.41, 5.74) is 0.0774. The van der Waals surface area contributed by atoms with Crippen LogP contribution in [-0.4, -0.2) is 106 Å². The normalized spacial score (nSPS) is 26.2. The molecule has 19 nitrogen and oxygen atoms in total. The molecule has 70 heavy (non-hydrogen) atoms. The zero-order chi connectivity index (χ0) is 50.2. The van der Waals surface area contributed by atoms with Crippen molar-refractivity contribution >= 4 is 23.8 Å². The predicted molar refractivity (Wildman–Crippen MR) is 256 cm³/mol. The summed E-state index contributed by atoms with van der Waals surface area (Å²) in [6.07, 6.45) is -1.50. The van der Waals surface area contributed by atoms with E-state index in [4.69, 9.17) is 42.6 Å². The largest absolute Gasteiger partial charge is 0.445 e. The summed E-state index contributed by atoms with van der Waals surface area (Å²) in [4.78, 5) is 69.9. The van der Waals surface area contributed by atoms with Crippen LogP contribution >= 0.6 is 0 Å². The second-order valence-corrected chi connectivity index (χ2v) is 19.8. The molecule has 0 radical (unpaired) electrons. The minimum absolute atomic E-state index is 0.0662. The number of hydrogen-bond donors (Lipinski definition) is 4. The minimum atomic E-state index is -1.62. The summed E-state index contributed by atoms with van der Waals surface area (Å²) in [6.45, 7) is 14.5. The number of amides is 3. The summed E-state index contributed by atoms with van der Waals surface area (Å²) >= 11 is 0. The maximum Gasteiger partial charge on any atom is 0.408 e. The van der Waals surface area contributed by atoms with Crippen molar-refractivity contribution in [3.63, 3.8) is 0 Å². The number of nitrogens with one attached hydrogen (secondary N) is 4. The molecular weight excluding hydrogens is 907 g/mol. The molecule has 4 saturated heterocycles. The molecule has 4 fully saturated rings. The number of aromatic nitrogens is 2. The lowest BCUT2D eigenvalue weighted by atomic mass is 9.98. The van der Waals surface area contributed by atoms with Crippen molar-refractivity contribution in [1.82, 2.24) is 20.2 Å². The molecule has 0 unspecified atom stereocenters. The Morgan fingerprint density at radius 3 is 2.16 bits per heavy atom. The number of aryl methyl sites for hydroxylation is 1. The lowest BCUT2D eigenvalue weighted by molar-refractivity contribution is -0.274. The van der Waals surface area contributed by atoms with Gasteiger partial charge in [-0.15, -0.1) is 0 Å². The summed E-state index contributed by atoms with van der Waals surface area (Å²) in [5, 5.41) is 8.51. The molecule has 1 aromatic heterocycles. The smallest absolute Gasteiger partial charge is 0.408 e. The Morgan fingerprint density at radius 2 is 1.47 bits per heavy atom. The molecule has 384 valence electrons. The molecule has 3 aromatic rings. The summed E-state index contributed by atoms with van der Waals surface area (Å²) < 4.78 is 58.8. The van der Waals surface area contributed by atoms with E-state index in [1.165, 1.54) is 37.9 Å². The van der Waals surface area contributed by atoms with Gasteiger partial charge in [0, 0.05) is 24.5 Å². The average molecular weight is 978 g/mol. The highest BCUT2D eigenvalue weighted by molar-refractivity contribution is 5.97. The summed E-state index contributed by atoms with van der Waals surface area (Å²) in [5.74, 6) is -3.00. The third-order valence-electron chi connectivity index (χ3n) is 12.8. The fraction of sp³-hybridized carbons (Fsp3) is 0.627. The molecular formula is C51H71N5O14. The fourth-order valence-corrected chi connectivity index (χ4v) is 9.34. The van der Waals surface area contributed by atoms with E-state index >= 15 is 4.79 Å². The SMILES string of the molecule is CCCCCCCCc1ccc(NC(=O)[C@@H](NC(=O)OCc2ccccc2)[C@H](O[C@@H]2O[C@H](CNC(=O)OC(C)(C)C)[C@H]3OC(CC)(CC)O[C@@H]23)[C@H]2O[C@@H](n3ccc(=O)[nH]c3=O)[C@@H]3OC(C)(C)O[C@H]23)cc1. The number of aromatic amines is 1. The highest BCUT2D eigenvalue weighted by atomic mass is 16.8. The van der Waals surface area contributed by atoms with E-state index in [1.54, 1.807) is 58.9 Å². The molecule has 10 atom stereocenters. The second kappa shape index (κ2) is 22.9. The van der Waals surface area contributed by atoms with Crippen molar-refractivity contribution in [2.24, 2.45) is 0 Å². The van der Waals surface area contributed by atoms with Crippen molar-refractivity contribution in [2.75, 3.05) is 11.9 Å². The average Bonchev–Trinajstić information content (AvgIpc) is 4.05. The Labute approximate surface area is 408 Å². The Morgan fingerprint density at radius 1 is 0.786 bits per heavy atom. The molecule has 0 saturated carbocycles. The van der Waals surface area contributed by atoms with Gasteiger partial charge in [-0.3, -0.25) is 19.1 Å². The lowest BCUT2D eigenvalue weighted by Crippen LogP contribution is -2.59. The van der Waals surface area contributed by atoms with Crippen LogP contribution in [0.3, 0.4) is 0 Å². The molecule has 0 aliphatic carbocycles. The van der Waals surface area contributed by atoms with Gasteiger partial charge in [-0.2, -0.15) is 0 Å². The molecule has 7 rings (SSSR count). The van der Waals surface area contributed by atoms with Crippen LogP contribution in [0.2, 0.25) is 0 Å². The molecule has 19 heteroatoms. The van der Waals surface area contributed by atoms with E-state index in [9.17, 15) is 19.2 Å². The number of fused-ring (bicyclic) bond motifs is 2. The Balaban J connectivity index is 1.25. The van der Waals surface area contributed by atoms with Crippen LogP contribution in [0.1, 0.15) is 124 Å². The Kier molecular flexibility index (Phi) is 17.3. The van der Waals surface area contributed by atoms with E-state index in [0.717, 1.165) is 29.4 Å². The number of carbonyl (C=O) groups is 3. The first-order valence-corrected chi connectivity index (χ1v) is 24.7. The summed E-state index contributed by atoms with van der Waals surface area (Å²) in [6, 6.07) is 16.1. The highest BCUT2D eigenvalue weighted by Gasteiger charge is 2.63. The molecule has 4 aliphatic rings. The van der Waals surface area contributed by atoms with Gasteiger partial charge in [0.15, 0.2) is 24.1 Å². The van der Waals surface area contributed by atoms with E-state index in [1.807, 2.05) is 44.2 Å². The first-order valence-electron chi connectivity index (χ1n) is 24.7. The van der Waals surface area contributed by atoms with E-state index in [-0.39, 0.29) is 13.2 Å². The molecule has 0 bridgehead atoms. The highest BCUT2D eigenvalue weighted by Crippen LogP contribution is 2.47.